The van der Waals surface area contributed by atoms with Gasteiger partial charge >= 0.3 is 0 Å². The number of sulfonamides is 1. The van der Waals surface area contributed by atoms with Gasteiger partial charge in [0.25, 0.3) is 10.0 Å². The monoisotopic (exact) mass is 377 g/mol. The number of hydrogen-bond donors (Lipinski definition) is 0. The Bertz CT molecular complexity index is 571. The van der Waals surface area contributed by atoms with Crippen molar-refractivity contribution in [2.75, 3.05) is 11.9 Å². The summed E-state index contributed by atoms with van der Waals surface area (Å²) in [5.41, 5.74) is 0. The van der Waals surface area contributed by atoms with Crippen molar-refractivity contribution < 1.29 is 8.42 Å². The Hall–Kier alpha value is -0.400. The van der Waals surface area contributed by atoms with Gasteiger partial charge in [0, 0.05) is 30.7 Å². The summed E-state index contributed by atoms with van der Waals surface area (Å²) in [4.78, 5) is 4.29. The van der Waals surface area contributed by atoms with Gasteiger partial charge in [-0.1, -0.05) is 35.7 Å². The molecule has 5 nitrogen and oxygen atoms in total. The van der Waals surface area contributed by atoms with Crippen LogP contribution in [0.25, 0.3) is 0 Å². The molecule has 0 radical (unpaired) electrons. The lowest BCUT2D eigenvalue weighted by Gasteiger charge is -2.26. The Kier molecular flexibility index (Phi) is 5.85. The molecular formula is C14H24BrN3O2S. The normalized spacial score (nSPS) is 21.4. The van der Waals surface area contributed by atoms with Crippen LogP contribution in [0.4, 0.5) is 0 Å². The molecule has 1 aromatic heterocycles. The zero-order valence-corrected chi connectivity index (χ0v) is 15.2. The molecule has 120 valence electrons. The van der Waals surface area contributed by atoms with Gasteiger partial charge in [0.2, 0.25) is 0 Å². The maximum Gasteiger partial charge on any atom is 0.262 e. The summed E-state index contributed by atoms with van der Waals surface area (Å²) in [6.45, 7) is 5.33. The van der Waals surface area contributed by atoms with Crippen LogP contribution in [0.15, 0.2) is 11.2 Å². The summed E-state index contributed by atoms with van der Waals surface area (Å²) in [5, 5.41) is 0.877. The van der Waals surface area contributed by atoms with Crippen LogP contribution in [-0.2, 0) is 16.6 Å². The predicted octanol–water partition coefficient (Wildman–Crippen LogP) is 2.93. The van der Waals surface area contributed by atoms with E-state index in [-0.39, 0.29) is 11.1 Å². The van der Waals surface area contributed by atoms with Crippen molar-refractivity contribution in [1.29, 1.82) is 0 Å². The first-order valence-corrected chi connectivity index (χ1v) is 10.2. The number of imidazole rings is 1. The fourth-order valence-electron chi connectivity index (χ4n) is 2.81. The number of hydrogen-bond acceptors (Lipinski definition) is 3. The van der Waals surface area contributed by atoms with E-state index in [2.05, 4.69) is 27.8 Å². The summed E-state index contributed by atoms with van der Waals surface area (Å²) in [5.74, 6) is 0.764. The summed E-state index contributed by atoms with van der Waals surface area (Å²) < 4.78 is 29.4. The Morgan fingerprint density at radius 3 is 2.81 bits per heavy atom. The first-order chi connectivity index (χ1) is 10.0. The second-order valence-corrected chi connectivity index (χ2v) is 8.08. The standard InChI is InChI=1S/C14H24BrN3O2S/c1-3-8-17-11-14(16-12(17)2)21(19,20)18-9-6-4-5-7-13(18)10-15/h11,13H,3-10H2,1-2H3. The largest absolute Gasteiger partial charge is 0.334 e. The van der Waals surface area contributed by atoms with Gasteiger partial charge in [-0.3, -0.25) is 0 Å². The third-order valence-corrected chi connectivity index (χ3v) is 6.56. The highest BCUT2D eigenvalue weighted by Gasteiger charge is 2.33. The molecule has 0 spiro atoms. The second-order valence-electron chi connectivity index (χ2n) is 5.59. The molecule has 0 bridgehead atoms. The van der Waals surface area contributed by atoms with Crippen LogP contribution in [0.3, 0.4) is 0 Å². The predicted molar refractivity (Wildman–Crippen MR) is 87.2 cm³/mol. The summed E-state index contributed by atoms with van der Waals surface area (Å²) >= 11 is 3.46. The van der Waals surface area contributed by atoms with Gasteiger partial charge < -0.3 is 4.57 Å². The molecule has 0 aliphatic carbocycles. The molecule has 1 aromatic rings. The molecular weight excluding hydrogens is 354 g/mol. The minimum Gasteiger partial charge on any atom is -0.334 e. The number of halogens is 1. The van der Waals surface area contributed by atoms with Crippen LogP contribution in [0.5, 0.6) is 0 Å². The van der Waals surface area contributed by atoms with Crippen molar-refractivity contribution in [3.63, 3.8) is 0 Å². The third-order valence-electron chi connectivity index (χ3n) is 3.99. The zero-order valence-electron chi connectivity index (χ0n) is 12.8. The number of aryl methyl sites for hydroxylation is 2. The van der Waals surface area contributed by atoms with E-state index in [0.29, 0.717) is 11.9 Å². The van der Waals surface area contributed by atoms with Crippen LogP contribution in [0.1, 0.15) is 44.9 Å². The summed E-state index contributed by atoms with van der Waals surface area (Å²) in [6, 6.07) is 0.0362. The molecule has 1 atom stereocenters. The lowest BCUT2D eigenvalue weighted by atomic mass is 10.1. The summed E-state index contributed by atoms with van der Waals surface area (Å²) in [6.07, 6.45) is 6.68. The van der Waals surface area contributed by atoms with Crippen molar-refractivity contribution in [2.24, 2.45) is 0 Å². The van der Waals surface area contributed by atoms with Crippen LogP contribution in [0, 0.1) is 6.92 Å². The Morgan fingerprint density at radius 2 is 2.14 bits per heavy atom. The summed E-state index contributed by atoms with van der Waals surface area (Å²) in [7, 11) is -3.50. The smallest absolute Gasteiger partial charge is 0.262 e. The van der Waals surface area contributed by atoms with Gasteiger partial charge in [0.1, 0.15) is 5.82 Å². The van der Waals surface area contributed by atoms with Gasteiger partial charge in [-0.2, -0.15) is 4.31 Å². The molecule has 7 heteroatoms. The quantitative estimate of drug-likeness (QED) is 0.741. The van der Waals surface area contributed by atoms with Crippen molar-refractivity contribution in [1.82, 2.24) is 13.9 Å². The molecule has 1 aliphatic rings. The zero-order chi connectivity index (χ0) is 15.5. The van der Waals surface area contributed by atoms with Gasteiger partial charge in [0.15, 0.2) is 5.03 Å². The van der Waals surface area contributed by atoms with E-state index in [1.165, 1.54) is 0 Å². The molecule has 0 saturated carbocycles. The maximum absolute atomic E-state index is 12.9. The topological polar surface area (TPSA) is 55.2 Å². The highest BCUT2D eigenvalue weighted by molar-refractivity contribution is 9.09. The molecule has 1 fully saturated rings. The highest BCUT2D eigenvalue weighted by atomic mass is 79.9. The number of alkyl halides is 1. The minimum absolute atomic E-state index is 0.0362. The van der Waals surface area contributed by atoms with E-state index >= 15 is 0 Å². The van der Waals surface area contributed by atoms with Crippen LogP contribution >= 0.6 is 15.9 Å². The van der Waals surface area contributed by atoms with E-state index in [1.54, 1.807) is 10.5 Å². The van der Waals surface area contributed by atoms with Gasteiger partial charge in [0.05, 0.1) is 0 Å². The molecule has 0 N–H and O–H groups in total. The molecule has 1 unspecified atom stereocenters. The van der Waals surface area contributed by atoms with Gasteiger partial charge in [-0.05, 0) is 26.2 Å². The molecule has 2 heterocycles. The molecule has 0 aromatic carbocycles. The van der Waals surface area contributed by atoms with Crippen LogP contribution in [-0.4, -0.2) is 40.2 Å². The minimum atomic E-state index is -3.50. The van der Waals surface area contributed by atoms with Crippen molar-refractivity contribution >= 4 is 26.0 Å². The molecule has 1 aliphatic heterocycles. The molecule has 2 rings (SSSR count). The molecule has 21 heavy (non-hydrogen) atoms. The number of nitrogens with zero attached hydrogens (tertiary/aromatic N) is 3. The van der Waals surface area contributed by atoms with Crippen LogP contribution in [0.2, 0.25) is 0 Å². The molecule has 1 saturated heterocycles. The fourth-order valence-corrected chi connectivity index (χ4v) is 5.37. The van der Waals surface area contributed by atoms with E-state index in [0.717, 1.165) is 44.5 Å². The third kappa shape index (κ3) is 3.68. The average Bonchev–Trinajstić information content (AvgIpc) is 2.69. The Balaban J connectivity index is 2.33. The first-order valence-electron chi connectivity index (χ1n) is 7.62. The second kappa shape index (κ2) is 7.24. The van der Waals surface area contributed by atoms with Crippen molar-refractivity contribution in [3.05, 3.63) is 12.0 Å². The number of rotatable bonds is 5. The average molecular weight is 378 g/mol. The van der Waals surface area contributed by atoms with Crippen molar-refractivity contribution in [3.8, 4) is 0 Å². The van der Waals surface area contributed by atoms with E-state index < -0.39 is 10.0 Å². The van der Waals surface area contributed by atoms with E-state index in [4.69, 9.17) is 0 Å². The Labute approximate surface area is 135 Å². The van der Waals surface area contributed by atoms with E-state index in [9.17, 15) is 8.42 Å². The lowest BCUT2D eigenvalue weighted by molar-refractivity contribution is 0.346. The SMILES string of the molecule is CCCn1cc(S(=O)(=O)N2CCCCCC2CBr)nc1C. The van der Waals surface area contributed by atoms with E-state index in [1.807, 2.05) is 11.5 Å². The van der Waals surface area contributed by atoms with Crippen molar-refractivity contribution in [2.45, 2.75) is 63.6 Å². The molecule has 0 amide bonds. The van der Waals surface area contributed by atoms with Crippen LogP contribution < -0.4 is 0 Å². The van der Waals surface area contributed by atoms with Gasteiger partial charge in [-0.15, -0.1) is 0 Å². The number of aromatic nitrogens is 2. The highest BCUT2D eigenvalue weighted by Crippen LogP contribution is 2.25. The fraction of sp³-hybridized carbons (Fsp3) is 0.786. The van der Waals surface area contributed by atoms with Gasteiger partial charge in [-0.25, -0.2) is 13.4 Å². The lowest BCUT2D eigenvalue weighted by Crippen LogP contribution is -2.41. The first kappa shape index (κ1) is 17.0. The maximum atomic E-state index is 12.9. The Morgan fingerprint density at radius 1 is 1.38 bits per heavy atom.